The normalized spacial score (nSPS) is 19.6. The average molecular weight is 557 g/mol. The zero-order valence-corrected chi connectivity index (χ0v) is 22.3. The van der Waals surface area contributed by atoms with Gasteiger partial charge in [0.1, 0.15) is 16.5 Å². The summed E-state index contributed by atoms with van der Waals surface area (Å²) in [6, 6.07) is 9.40. The molecule has 6 nitrogen and oxygen atoms in total. The number of benzene rings is 1. The first-order chi connectivity index (χ1) is 16.2. The molecule has 0 radical (unpaired) electrons. The number of ketones is 1. The monoisotopic (exact) mass is 555 g/mol. The van der Waals surface area contributed by atoms with Crippen molar-refractivity contribution in [2.75, 3.05) is 18.2 Å². The molecule has 1 saturated carbocycles. The summed E-state index contributed by atoms with van der Waals surface area (Å²) < 4.78 is 17.6. The van der Waals surface area contributed by atoms with Crippen molar-refractivity contribution in [3.05, 3.63) is 62.7 Å². The second kappa shape index (κ2) is 11.0. The van der Waals surface area contributed by atoms with Crippen LogP contribution in [0, 0.1) is 5.92 Å². The molecule has 1 unspecified atom stereocenters. The van der Waals surface area contributed by atoms with E-state index in [0.717, 1.165) is 29.1 Å². The molecular formula is C23H23Cl2N3O3S3. The highest BCUT2D eigenvalue weighted by Gasteiger charge is 2.27. The van der Waals surface area contributed by atoms with Crippen LogP contribution in [0.15, 0.2) is 52.6 Å². The molecule has 180 valence electrons. The fourth-order valence-electron chi connectivity index (χ4n) is 3.73. The molecule has 1 N–H and O–H groups in total. The van der Waals surface area contributed by atoms with Crippen molar-refractivity contribution >= 4 is 73.6 Å². The molecule has 3 atom stereocenters. The number of rotatable bonds is 9. The Hall–Kier alpha value is -1.62. The summed E-state index contributed by atoms with van der Waals surface area (Å²) >= 11 is 15.2. The predicted molar refractivity (Wildman–Crippen MR) is 142 cm³/mol. The number of thiophene rings is 1. The molecule has 0 saturated heterocycles. The van der Waals surface area contributed by atoms with Gasteiger partial charge in [-0.25, -0.2) is 14.2 Å². The number of nitrogens with zero attached hydrogens (tertiary/aromatic N) is 2. The summed E-state index contributed by atoms with van der Waals surface area (Å²) in [7, 11) is -2.46. The van der Waals surface area contributed by atoms with Crippen LogP contribution in [0.1, 0.15) is 34.5 Å². The number of carbonyl (C=O) groups is 1. The highest BCUT2D eigenvalue weighted by atomic mass is 35.5. The molecule has 2 aromatic heterocycles. The van der Waals surface area contributed by atoms with E-state index in [1.807, 2.05) is 24.3 Å². The first-order valence-corrected chi connectivity index (χ1v) is 14.9. The van der Waals surface area contributed by atoms with Crippen LogP contribution in [0.25, 0.3) is 0 Å². The van der Waals surface area contributed by atoms with Gasteiger partial charge in [0.05, 0.1) is 26.9 Å². The van der Waals surface area contributed by atoms with Crippen molar-refractivity contribution in [2.24, 2.45) is 5.92 Å². The van der Waals surface area contributed by atoms with E-state index < -0.39 is 9.80 Å². The quantitative estimate of drug-likeness (QED) is 0.253. The molecular weight excluding hydrogens is 533 g/mol. The summed E-state index contributed by atoms with van der Waals surface area (Å²) in [5.41, 5.74) is 0.397. The van der Waals surface area contributed by atoms with Crippen molar-refractivity contribution in [3.63, 3.8) is 0 Å². The van der Waals surface area contributed by atoms with E-state index in [4.69, 9.17) is 27.4 Å². The van der Waals surface area contributed by atoms with E-state index >= 15 is 0 Å². The van der Waals surface area contributed by atoms with Crippen LogP contribution in [0.4, 0.5) is 5.82 Å². The van der Waals surface area contributed by atoms with Crippen LogP contribution >= 0.6 is 46.3 Å². The van der Waals surface area contributed by atoms with E-state index in [9.17, 15) is 9.00 Å². The second-order valence-electron chi connectivity index (χ2n) is 8.15. The average Bonchev–Trinajstić information content (AvgIpc) is 3.38. The van der Waals surface area contributed by atoms with Gasteiger partial charge in [-0.05, 0) is 55.3 Å². The predicted octanol–water partition coefficient (Wildman–Crippen LogP) is 6.09. The Labute approximate surface area is 217 Å². The number of hydrogen-bond acceptors (Lipinski definition) is 8. The number of hydrogen-bond donors (Lipinski definition) is 1. The molecule has 0 aliphatic heterocycles. The first-order valence-electron chi connectivity index (χ1n) is 10.5. The maximum atomic E-state index is 13.3. The third-order valence-corrected chi connectivity index (χ3v) is 8.80. The minimum Gasteiger partial charge on any atom is -0.367 e. The fraction of sp³-hybridized carbons (Fsp3) is 0.304. The lowest BCUT2D eigenvalue weighted by Crippen LogP contribution is -2.20. The molecule has 1 aliphatic carbocycles. The number of halogens is 2. The molecule has 0 spiro atoms. The van der Waals surface area contributed by atoms with Crippen molar-refractivity contribution in [1.82, 2.24) is 9.97 Å². The molecule has 1 aliphatic rings. The smallest absolute Gasteiger partial charge is 0.208 e. The molecule has 4 rings (SSSR count). The molecule has 2 heterocycles. The van der Waals surface area contributed by atoms with Gasteiger partial charge in [-0.1, -0.05) is 41.0 Å². The zero-order chi connectivity index (χ0) is 24.3. The van der Waals surface area contributed by atoms with Crippen LogP contribution in [-0.4, -0.2) is 44.7 Å². The molecule has 3 aromatic rings. The Morgan fingerprint density at radius 3 is 2.94 bits per heavy atom. The van der Waals surface area contributed by atoms with Crippen molar-refractivity contribution in [1.29, 1.82) is 0 Å². The van der Waals surface area contributed by atoms with E-state index in [2.05, 4.69) is 21.2 Å². The van der Waals surface area contributed by atoms with Crippen LogP contribution in [0.5, 0.6) is 0 Å². The maximum Gasteiger partial charge on any atom is 0.208 e. The summed E-state index contributed by atoms with van der Waals surface area (Å²) in [4.78, 5) is 24.0. The topological polar surface area (TPSA) is 81.2 Å². The second-order valence-corrected chi connectivity index (χ2v) is 13.4. The lowest BCUT2D eigenvalue weighted by Gasteiger charge is -2.16. The van der Waals surface area contributed by atoms with Crippen molar-refractivity contribution in [2.45, 2.75) is 35.1 Å². The van der Waals surface area contributed by atoms with Gasteiger partial charge < -0.3 is 5.32 Å². The summed E-state index contributed by atoms with van der Waals surface area (Å²) in [5.74, 6) is 4.12. The molecule has 11 heteroatoms. The summed E-state index contributed by atoms with van der Waals surface area (Å²) in [6.07, 6.45) is 7.11. The number of anilines is 1. The Morgan fingerprint density at radius 2 is 2.18 bits per heavy atom. The Bertz CT molecular complexity index is 1300. The number of nitrogens with one attached hydrogen (secondary N) is 1. The number of aromatic nitrogens is 2. The van der Waals surface area contributed by atoms with E-state index in [1.54, 1.807) is 6.07 Å². The van der Waals surface area contributed by atoms with Gasteiger partial charge in [0.25, 0.3) is 0 Å². The third kappa shape index (κ3) is 6.74. The highest BCUT2D eigenvalue weighted by Crippen LogP contribution is 2.40. The van der Waals surface area contributed by atoms with Gasteiger partial charge in [0, 0.05) is 33.3 Å². The molecule has 0 amide bonds. The van der Waals surface area contributed by atoms with Crippen LogP contribution in [0.3, 0.4) is 0 Å². The van der Waals surface area contributed by atoms with Crippen LogP contribution in [-0.2, 0) is 14.0 Å². The lowest BCUT2D eigenvalue weighted by atomic mass is 10.1. The molecule has 1 aromatic carbocycles. The Balaban J connectivity index is 1.46. The van der Waals surface area contributed by atoms with Crippen molar-refractivity contribution < 1.29 is 13.2 Å². The van der Waals surface area contributed by atoms with Crippen LogP contribution < -0.4 is 5.32 Å². The largest absolute Gasteiger partial charge is 0.367 e. The van der Waals surface area contributed by atoms with Crippen LogP contribution in [0.2, 0.25) is 9.36 Å². The fourth-order valence-corrected chi connectivity index (χ4v) is 6.78. The zero-order valence-electron chi connectivity index (χ0n) is 18.3. The van der Waals surface area contributed by atoms with Gasteiger partial charge in [-0.3, -0.25) is 8.98 Å². The van der Waals surface area contributed by atoms with Crippen molar-refractivity contribution in [3.8, 4) is 0 Å². The number of carbonyl (C=O) groups excluding carboxylic acids is 1. The van der Waals surface area contributed by atoms with E-state index in [1.165, 1.54) is 41.9 Å². The first kappa shape index (κ1) is 25.5. The van der Waals surface area contributed by atoms with Gasteiger partial charge in [0.2, 0.25) is 5.78 Å². The van der Waals surface area contributed by atoms with Gasteiger partial charge in [-0.15, -0.1) is 11.3 Å². The van der Waals surface area contributed by atoms with Gasteiger partial charge in [-0.2, -0.15) is 0 Å². The van der Waals surface area contributed by atoms with E-state index in [0.29, 0.717) is 32.2 Å². The molecule has 0 bridgehead atoms. The van der Waals surface area contributed by atoms with E-state index in [-0.39, 0.29) is 17.7 Å². The Morgan fingerprint density at radius 1 is 1.35 bits per heavy atom. The van der Waals surface area contributed by atoms with Gasteiger partial charge in [0.15, 0.2) is 0 Å². The molecule has 34 heavy (non-hydrogen) atoms. The minimum absolute atomic E-state index is 0.133. The third-order valence-electron chi connectivity index (χ3n) is 5.30. The Kier molecular flexibility index (Phi) is 8.22. The summed E-state index contributed by atoms with van der Waals surface area (Å²) in [5, 5.41) is 4.03. The summed E-state index contributed by atoms with van der Waals surface area (Å²) in [6.45, 7) is 0.410. The maximum absolute atomic E-state index is 13.3. The highest BCUT2D eigenvalue weighted by molar-refractivity contribution is 7.99. The lowest BCUT2D eigenvalue weighted by molar-refractivity contribution is 0.104. The SMILES string of the molecule is C=S(C)(=O)OC[C@@H]1CC[C@H](Nc2ncncc2C(=O)c2cc(Sc3cccc(Cl)c3)c(Cl)s2)C1. The molecule has 1 fully saturated rings. The standard InChI is InChI=1S/C23H23Cl2N3O3S3/c1-34(2,30)31-12-14-6-7-16(8-14)28-23-18(11-26-13-27-23)21(29)19-10-20(22(25)33-19)32-17-5-3-4-15(24)9-17/h3-5,9-11,13-14,16H,1,6-8,12H2,2H3,(H,26,27,28)/t14-,16+,34?/m1/s1. The van der Waals surface area contributed by atoms with Gasteiger partial charge >= 0.3 is 0 Å². The minimum atomic E-state index is -2.46.